The molecule has 0 N–H and O–H groups in total. The zero-order valence-electron chi connectivity index (χ0n) is 8.98. The lowest BCUT2D eigenvalue weighted by Gasteiger charge is -2.29. The van der Waals surface area contributed by atoms with Crippen molar-refractivity contribution < 1.29 is 0 Å². The molecular weight excluding hydrogens is 186 g/mol. The van der Waals surface area contributed by atoms with Gasteiger partial charge in [-0.3, -0.25) is 0 Å². The highest BCUT2D eigenvalue weighted by Crippen LogP contribution is 2.27. The molecule has 0 saturated carbocycles. The van der Waals surface area contributed by atoms with E-state index in [9.17, 15) is 0 Å². The van der Waals surface area contributed by atoms with Crippen molar-refractivity contribution in [1.29, 1.82) is 5.26 Å². The standard InChI is InChI=1S/C12H15N3/c1-15-6-3-10(4-7-15)11-2-5-14-12(8-11)9-13/h2,5,8,10H,3-4,6-7H2,1H3. The highest BCUT2D eigenvalue weighted by atomic mass is 15.1. The number of nitriles is 1. The molecule has 0 spiro atoms. The fraction of sp³-hybridized carbons (Fsp3) is 0.500. The van der Waals surface area contributed by atoms with Gasteiger partial charge >= 0.3 is 0 Å². The van der Waals surface area contributed by atoms with Crippen LogP contribution in [0, 0.1) is 11.3 Å². The van der Waals surface area contributed by atoms with E-state index in [4.69, 9.17) is 5.26 Å². The van der Waals surface area contributed by atoms with Gasteiger partial charge in [-0.2, -0.15) is 5.26 Å². The molecule has 0 bridgehead atoms. The van der Waals surface area contributed by atoms with Crippen LogP contribution in [0.3, 0.4) is 0 Å². The van der Waals surface area contributed by atoms with E-state index in [0.29, 0.717) is 11.6 Å². The Morgan fingerprint density at radius 1 is 1.47 bits per heavy atom. The quantitative estimate of drug-likeness (QED) is 0.695. The summed E-state index contributed by atoms with van der Waals surface area (Å²) in [5.74, 6) is 0.608. The highest BCUT2D eigenvalue weighted by Gasteiger charge is 2.18. The molecule has 0 aromatic carbocycles. The van der Waals surface area contributed by atoms with Gasteiger partial charge in [0.15, 0.2) is 0 Å². The summed E-state index contributed by atoms with van der Waals surface area (Å²) >= 11 is 0. The van der Waals surface area contributed by atoms with Crippen LogP contribution >= 0.6 is 0 Å². The first-order chi connectivity index (χ1) is 7.29. The SMILES string of the molecule is CN1CCC(c2ccnc(C#N)c2)CC1. The second-order valence-corrected chi connectivity index (χ2v) is 4.16. The number of pyridine rings is 1. The summed E-state index contributed by atoms with van der Waals surface area (Å²) in [5, 5.41) is 8.78. The van der Waals surface area contributed by atoms with Crippen molar-refractivity contribution in [1.82, 2.24) is 9.88 Å². The summed E-state index contributed by atoms with van der Waals surface area (Å²) in [7, 11) is 2.16. The summed E-state index contributed by atoms with van der Waals surface area (Å²) in [5.41, 5.74) is 1.81. The minimum Gasteiger partial charge on any atom is -0.306 e. The topological polar surface area (TPSA) is 39.9 Å². The summed E-state index contributed by atoms with van der Waals surface area (Å²) in [6.45, 7) is 2.30. The van der Waals surface area contributed by atoms with Gasteiger partial charge in [0.1, 0.15) is 11.8 Å². The van der Waals surface area contributed by atoms with E-state index in [1.807, 2.05) is 12.1 Å². The molecule has 0 radical (unpaired) electrons. The Balaban J connectivity index is 2.12. The third-order valence-electron chi connectivity index (χ3n) is 3.09. The molecule has 2 heterocycles. The fourth-order valence-corrected chi connectivity index (χ4v) is 2.10. The first kappa shape index (κ1) is 10.1. The summed E-state index contributed by atoms with van der Waals surface area (Å²) in [6.07, 6.45) is 4.11. The van der Waals surface area contributed by atoms with Gasteiger partial charge < -0.3 is 4.90 Å². The van der Waals surface area contributed by atoms with Gasteiger partial charge in [0.05, 0.1) is 0 Å². The van der Waals surface area contributed by atoms with Crippen molar-refractivity contribution in [3.8, 4) is 6.07 Å². The molecular formula is C12H15N3. The second kappa shape index (κ2) is 4.41. The zero-order chi connectivity index (χ0) is 10.7. The molecule has 3 heteroatoms. The zero-order valence-corrected chi connectivity index (χ0v) is 8.98. The van der Waals surface area contributed by atoms with Gasteiger partial charge in [0.25, 0.3) is 0 Å². The van der Waals surface area contributed by atoms with Gasteiger partial charge in [-0.15, -0.1) is 0 Å². The first-order valence-electron chi connectivity index (χ1n) is 5.34. The van der Waals surface area contributed by atoms with Crippen LogP contribution in [0.15, 0.2) is 18.3 Å². The van der Waals surface area contributed by atoms with E-state index in [1.165, 1.54) is 18.4 Å². The number of aromatic nitrogens is 1. The number of hydrogen-bond acceptors (Lipinski definition) is 3. The molecule has 2 rings (SSSR count). The molecule has 1 fully saturated rings. The lowest BCUT2D eigenvalue weighted by atomic mass is 9.90. The molecule has 15 heavy (non-hydrogen) atoms. The summed E-state index contributed by atoms with van der Waals surface area (Å²) in [6, 6.07) is 6.06. The van der Waals surface area contributed by atoms with Crippen molar-refractivity contribution in [3.63, 3.8) is 0 Å². The van der Waals surface area contributed by atoms with Crippen LogP contribution in [0.5, 0.6) is 0 Å². The smallest absolute Gasteiger partial charge is 0.140 e. The van der Waals surface area contributed by atoms with E-state index in [-0.39, 0.29) is 0 Å². The molecule has 0 amide bonds. The van der Waals surface area contributed by atoms with Crippen molar-refractivity contribution in [2.75, 3.05) is 20.1 Å². The predicted molar refractivity (Wildman–Crippen MR) is 58.4 cm³/mol. The van der Waals surface area contributed by atoms with Crippen LogP contribution in [0.4, 0.5) is 0 Å². The van der Waals surface area contributed by atoms with Crippen molar-refractivity contribution in [2.24, 2.45) is 0 Å². The largest absolute Gasteiger partial charge is 0.306 e. The van der Waals surface area contributed by atoms with Gasteiger partial charge in [-0.05, 0) is 56.6 Å². The van der Waals surface area contributed by atoms with E-state index >= 15 is 0 Å². The van der Waals surface area contributed by atoms with Gasteiger partial charge in [-0.25, -0.2) is 4.98 Å². The molecule has 1 aromatic heterocycles. The molecule has 1 aromatic rings. The molecule has 1 aliphatic heterocycles. The number of nitrogens with zero attached hydrogens (tertiary/aromatic N) is 3. The lowest BCUT2D eigenvalue weighted by Crippen LogP contribution is -2.29. The number of rotatable bonds is 1. The summed E-state index contributed by atoms with van der Waals surface area (Å²) in [4.78, 5) is 6.35. The predicted octanol–water partition coefficient (Wildman–Crippen LogP) is 1.76. The minimum atomic E-state index is 0.534. The number of hydrogen-bond donors (Lipinski definition) is 0. The minimum absolute atomic E-state index is 0.534. The normalized spacial score (nSPS) is 18.7. The third-order valence-corrected chi connectivity index (χ3v) is 3.09. The maximum Gasteiger partial charge on any atom is 0.140 e. The van der Waals surface area contributed by atoms with Gasteiger partial charge in [-0.1, -0.05) is 0 Å². The average Bonchev–Trinajstić information content (AvgIpc) is 2.30. The average molecular weight is 201 g/mol. The Hall–Kier alpha value is -1.40. The van der Waals surface area contributed by atoms with Crippen LogP contribution in [0.25, 0.3) is 0 Å². The van der Waals surface area contributed by atoms with Crippen molar-refractivity contribution >= 4 is 0 Å². The van der Waals surface area contributed by atoms with Crippen molar-refractivity contribution in [3.05, 3.63) is 29.6 Å². The maximum atomic E-state index is 8.78. The molecule has 1 aliphatic rings. The van der Waals surface area contributed by atoms with E-state index in [1.54, 1.807) is 6.20 Å². The highest BCUT2D eigenvalue weighted by molar-refractivity contribution is 5.28. The van der Waals surface area contributed by atoms with Gasteiger partial charge in [0.2, 0.25) is 0 Å². The Kier molecular flexibility index (Phi) is 2.98. The summed E-state index contributed by atoms with van der Waals surface area (Å²) < 4.78 is 0. The molecule has 0 atom stereocenters. The van der Waals surface area contributed by atoms with Crippen LogP contribution in [-0.2, 0) is 0 Å². The molecule has 1 saturated heterocycles. The Labute approximate surface area is 90.4 Å². The van der Waals surface area contributed by atoms with E-state index in [2.05, 4.69) is 23.0 Å². The third kappa shape index (κ3) is 2.34. The second-order valence-electron chi connectivity index (χ2n) is 4.16. The van der Waals surface area contributed by atoms with Crippen LogP contribution < -0.4 is 0 Å². The van der Waals surface area contributed by atoms with E-state index < -0.39 is 0 Å². The first-order valence-corrected chi connectivity index (χ1v) is 5.34. The fourth-order valence-electron chi connectivity index (χ4n) is 2.10. The molecule has 3 nitrogen and oxygen atoms in total. The number of piperidine rings is 1. The Bertz CT molecular complexity index is 373. The van der Waals surface area contributed by atoms with Crippen molar-refractivity contribution in [2.45, 2.75) is 18.8 Å². The molecule has 0 aliphatic carbocycles. The molecule has 0 unspecified atom stereocenters. The van der Waals surface area contributed by atoms with Gasteiger partial charge in [0, 0.05) is 6.20 Å². The van der Waals surface area contributed by atoms with Crippen LogP contribution in [0.1, 0.15) is 30.0 Å². The lowest BCUT2D eigenvalue weighted by molar-refractivity contribution is 0.255. The Morgan fingerprint density at radius 3 is 2.87 bits per heavy atom. The van der Waals surface area contributed by atoms with E-state index in [0.717, 1.165) is 13.1 Å². The monoisotopic (exact) mass is 201 g/mol. The maximum absolute atomic E-state index is 8.78. The molecule has 78 valence electrons. The van der Waals surface area contributed by atoms with Crippen LogP contribution in [0.2, 0.25) is 0 Å². The number of likely N-dealkylation sites (tertiary alicyclic amines) is 1. The van der Waals surface area contributed by atoms with Crippen LogP contribution in [-0.4, -0.2) is 30.0 Å². The Morgan fingerprint density at radius 2 is 2.20 bits per heavy atom.